The van der Waals surface area contributed by atoms with E-state index in [1.54, 1.807) is 0 Å². The van der Waals surface area contributed by atoms with Crippen molar-refractivity contribution in [2.45, 2.75) is 6.04 Å². The van der Waals surface area contributed by atoms with Gasteiger partial charge in [-0.2, -0.15) is 0 Å². The number of nitrogens with two attached hydrogens (primary N) is 1. The third kappa shape index (κ3) is 1.30. The molecule has 0 saturated heterocycles. The average Bonchev–Trinajstić information content (AvgIpc) is 2.31. The van der Waals surface area contributed by atoms with E-state index in [-0.39, 0.29) is 6.04 Å². The maximum Gasteiger partial charge on any atom is 0.126 e. The summed E-state index contributed by atoms with van der Waals surface area (Å²) in [6, 6.07) is 3.79. The van der Waals surface area contributed by atoms with Crippen LogP contribution in [-0.4, -0.2) is 6.61 Å². The fraction of sp³-hybridized carbons (Fsp3) is 0.250. The van der Waals surface area contributed by atoms with Gasteiger partial charge < -0.3 is 10.5 Å². The van der Waals surface area contributed by atoms with Gasteiger partial charge in [0.25, 0.3) is 0 Å². The van der Waals surface area contributed by atoms with Gasteiger partial charge in [-0.05, 0) is 34.7 Å². The van der Waals surface area contributed by atoms with Crippen LogP contribution in [0, 0.1) is 3.57 Å². The van der Waals surface area contributed by atoms with Crippen molar-refractivity contribution in [1.29, 1.82) is 0 Å². The molecule has 64 valence electrons. The quantitative estimate of drug-likeness (QED) is 0.746. The smallest absolute Gasteiger partial charge is 0.126 e. The molecule has 4 heteroatoms. The van der Waals surface area contributed by atoms with Crippen molar-refractivity contribution in [2.75, 3.05) is 6.61 Å². The normalized spacial score (nSPS) is 20.4. The molecule has 1 aliphatic rings. The van der Waals surface area contributed by atoms with E-state index in [0.717, 1.165) is 14.9 Å². The van der Waals surface area contributed by atoms with Crippen LogP contribution in [0.5, 0.6) is 5.75 Å². The van der Waals surface area contributed by atoms with E-state index in [1.807, 2.05) is 12.1 Å². The minimum absolute atomic E-state index is 0.0653. The Morgan fingerprint density at radius 1 is 1.58 bits per heavy atom. The molecule has 0 spiro atoms. The second kappa shape index (κ2) is 3.05. The summed E-state index contributed by atoms with van der Waals surface area (Å²) in [5, 5.41) is 0.710. The molecular formula is C8H7ClINO. The van der Waals surface area contributed by atoms with E-state index in [0.29, 0.717) is 11.6 Å². The number of benzene rings is 1. The summed E-state index contributed by atoms with van der Waals surface area (Å²) in [6.45, 7) is 0.537. The zero-order valence-electron chi connectivity index (χ0n) is 6.18. The van der Waals surface area contributed by atoms with Crippen molar-refractivity contribution < 1.29 is 4.74 Å². The highest BCUT2D eigenvalue weighted by atomic mass is 127. The van der Waals surface area contributed by atoms with E-state index >= 15 is 0 Å². The summed E-state index contributed by atoms with van der Waals surface area (Å²) in [7, 11) is 0. The Balaban J connectivity index is 2.60. The lowest BCUT2D eigenvalue weighted by Gasteiger charge is -2.03. The maximum atomic E-state index is 6.00. The second-order valence-corrected chi connectivity index (χ2v) is 4.37. The summed E-state index contributed by atoms with van der Waals surface area (Å²) in [6.07, 6.45) is 0. The fourth-order valence-corrected chi connectivity index (χ4v) is 2.43. The van der Waals surface area contributed by atoms with Crippen LogP contribution >= 0.6 is 34.2 Å². The van der Waals surface area contributed by atoms with Gasteiger partial charge in [0.15, 0.2) is 0 Å². The highest BCUT2D eigenvalue weighted by molar-refractivity contribution is 14.1. The van der Waals surface area contributed by atoms with E-state index in [2.05, 4.69) is 22.6 Å². The highest BCUT2D eigenvalue weighted by Gasteiger charge is 2.23. The van der Waals surface area contributed by atoms with E-state index in [9.17, 15) is 0 Å². The molecule has 0 saturated carbocycles. The van der Waals surface area contributed by atoms with Gasteiger partial charge in [-0.15, -0.1) is 0 Å². The van der Waals surface area contributed by atoms with Crippen LogP contribution in [-0.2, 0) is 0 Å². The van der Waals surface area contributed by atoms with Crippen LogP contribution < -0.4 is 10.5 Å². The molecule has 0 bridgehead atoms. The first-order valence-electron chi connectivity index (χ1n) is 3.56. The minimum atomic E-state index is -0.0653. The van der Waals surface area contributed by atoms with Crippen LogP contribution in [0.4, 0.5) is 0 Å². The first kappa shape index (κ1) is 8.59. The summed E-state index contributed by atoms with van der Waals surface area (Å²) in [5.74, 6) is 0.833. The highest BCUT2D eigenvalue weighted by Crippen LogP contribution is 2.37. The Morgan fingerprint density at radius 3 is 3.08 bits per heavy atom. The lowest BCUT2D eigenvalue weighted by atomic mass is 10.1. The number of hydrogen-bond acceptors (Lipinski definition) is 2. The Morgan fingerprint density at radius 2 is 2.33 bits per heavy atom. The van der Waals surface area contributed by atoms with Crippen LogP contribution in [0.15, 0.2) is 12.1 Å². The van der Waals surface area contributed by atoms with Crippen LogP contribution in [0.1, 0.15) is 11.6 Å². The van der Waals surface area contributed by atoms with Gasteiger partial charge in [0, 0.05) is 9.13 Å². The van der Waals surface area contributed by atoms with Crippen LogP contribution in [0.25, 0.3) is 0 Å². The summed E-state index contributed by atoms with van der Waals surface area (Å²) in [4.78, 5) is 0. The molecule has 0 aliphatic carbocycles. The number of halogens is 2. The lowest BCUT2D eigenvalue weighted by molar-refractivity contribution is 0.333. The van der Waals surface area contributed by atoms with E-state index in [4.69, 9.17) is 22.1 Å². The van der Waals surface area contributed by atoms with E-state index in [1.165, 1.54) is 0 Å². The maximum absolute atomic E-state index is 6.00. The second-order valence-electron chi connectivity index (χ2n) is 2.72. The Hall–Kier alpha value is -0.0000000000000000555. The number of fused-ring (bicyclic) bond motifs is 1. The Labute approximate surface area is 89.2 Å². The van der Waals surface area contributed by atoms with Crippen molar-refractivity contribution in [3.05, 3.63) is 26.3 Å². The predicted octanol–water partition coefficient (Wildman–Crippen LogP) is 2.34. The number of ether oxygens (including phenoxy) is 1. The van der Waals surface area contributed by atoms with Gasteiger partial charge in [0.05, 0.1) is 11.1 Å². The third-order valence-electron chi connectivity index (χ3n) is 1.85. The molecule has 0 amide bonds. The molecule has 1 aliphatic heterocycles. The molecule has 0 aromatic heterocycles. The standard InChI is InChI=1S/C8H7ClINO/c9-5-1-4(10)2-7-8(5)6(11)3-12-7/h1-2,6H,3,11H2/t6-/m0/s1. The zero-order valence-corrected chi connectivity index (χ0v) is 9.09. The molecule has 12 heavy (non-hydrogen) atoms. The third-order valence-corrected chi connectivity index (χ3v) is 2.78. The van der Waals surface area contributed by atoms with Crippen molar-refractivity contribution in [3.63, 3.8) is 0 Å². The van der Waals surface area contributed by atoms with Crippen LogP contribution in [0.3, 0.4) is 0 Å². The van der Waals surface area contributed by atoms with Crippen LogP contribution in [0.2, 0.25) is 5.02 Å². The Kier molecular flexibility index (Phi) is 2.18. The topological polar surface area (TPSA) is 35.2 Å². The van der Waals surface area contributed by atoms with Gasteiger partial charge in [0.1, 0.15) is 12.4 Å². The molecule has 1 aromatic carbocycles. The van der Waals surface area contributed by atoms with Gasteiger partial charge in [-0.3, -0.25) is 0 Å². The first-order chi connectivity index (χ1) is 5.68. The largest absolute Gasteiger partial charge is 0.491 e. The monoisotopic (exact) mass is 295 g/mol. The van der Waals surface area contributed by atoms with Gasteiger partial charge >= 0.3 is 0 Å². The molecule has 1 aromatic rings. The molecule has 2 nitrogen and oxygen atoms in total. The molecule has 2 rings (SSSR count). The summed E-state index contributed by atoms with van der Waals surface area (Å²) in [5.41, 5.74) is 6.73. The Bertz CT molecular complexity index is 329. The molecular weight excluding hydrogens is 288 g/mol. The number of rotatable bonds is 0. The number of hydrogen-bond donors (Lipinski definition) is 1. The van der Waals surface area contributed by atoms with Crippen molar-refractivity contribution in [1.82, 2.24) is 0 Å². The van der Waals surface area contributed by atoms with E-state index < -0.39 is 0 Å². The van der Waals surface area contributed by atoms with Crippen molar-refractivity contribution in [3.8, 4) is 5.75 Å². The first-order valence-corrected chi connectivity index (χ1v) is 5.01. The SMILES string of the molecule is N[C@H]1COc2cc(I)cc(Cl)c21. The predicted molar refractivity (Wildman–Crippen MR) is 56.6 cm³/mol. The van der Waals surface area contributed by atoms with Gasteiger partial charge in [-0.1, -0.05) is 11.6 Å². The molecule has 1 atom stereocenters. The van der Waals surface area contributed by atoms with Crippen molar-refractivity contribution >= 4 is 34.2 Å². The summed E-state index contributed by atoms with van der Waals surface area (Å²) >= 11 is 8.21. The molecule has 0 fully saturated rings. The van der Waals surface area contributed by atoms with Gasteiger partial charge in [-0.25, -0.2) is 0 Å². The zero-order chi connectivity index (χ0) is 8.72. The summed E-state index contributed by atoms with van der Waals surface area (Å²) < 4.78 is 6.43. The molecule has 2 N–H and O–H groups in total. The minimum Gasteiger partial charge on any atom is -0.491 e. The molecule has 1 heterocycles. The van der Waals surface area contributed by atoms with Crippen molar-refractivity contribution in [2.24, 2.45) is 5.73 Å². The molecule has 0 radical (unpaired) electrons. The lowest BCUT2D eigenvalue weighted by Crippen LogP contribution is -2.11. The fourth-order valence-electron chi connectivity index (χ4n) is 1.30. The van der Waals surface area contributed by atoms with Gasteiger partial charge in [0.2, 0.25) is 0 Å². The molecule has 0 unspecified atom stereocenters. The average molecular weight is 296 g/mol.